The van der Waals surface area contributed by atoms with Gasteiger partial charge in [-0.3, -0.25) is 4.79 Å². The highest BCUT2D eigenvalue weighted by atomic mass is 32.2. The molecule has 0 aromatic heterocycles. The maximum absolute atomic E-state index is 13.1. The van der Waals surface area contributed by atoms with Crippen molar-refractivity contribution in [2.75, 3.05) is 33.3 Å². The summed E-state index contributed by atoms with van der Waals surface area (Å²) in [5.74, 6) is 0.934. The average molecular weight is 407 g/mol. The molecule has 0 atom stereocenters. The van der Waals surface area contributed by atoms with Crippen LogP contribution in [0.2, 0.25) is 0 Å². The summed E-state index contributed by atoms with van der Waals surface area (Å²) in [6.45, 7) is 4.53. The number of hydrogen-bond donors (Lipinski definition) is 0. The Morgan fingerprint density at radius 3 is 2.57 bits per heavy atom. The van der Waals surface area contributed by atoms with E-state index in [1.54, 1.807) is 24.3 Å². The number of carbonyl (C=O) groups is 1. The lowest BCUT2D eigenvalue weighted by molar-refractivity contribution is -0.126. The fraction of sp³-hybridized carbons (Fsp3) is 0.571. The minimum absolute atomic E-state index is 0.0364. The molecule has 1 aromatic rings. The Hall–Kier alpha value is -1.86. The summed E-state index contributed by atoms with van der Waals surface area (Å²) in [7, 11) is -2.14. The molecule has 0 bridgehead atoms. The van der Waals surface area contributed by atoms with Crippen LogP contribution in [0.4, 0.5) is 0 Å². The lowest BCUT2D eigenvalue weighted by atomic mass is 10.2. The Kier molecular flexibility index (Phi) is 6.78. The van der Waals surface area contributed by atoms with Crippen LogP contribution in [0.3, 0.4) is 0 Å². The van der Waals surface area contributed by atoms with E-state index in [0.29, 0.717) is 36.9 Å². The Morgan fingerprint density at radius 1 is 1.25 bits per heavy atom. The molecular weight excluding hydrogens is 376 g/mol. The second kappa shape index (κ2) is 9.09. The van der Waals surface area contributed by atoms with Crippen LogP contribution < -0.4 is 4.74 Å². The van der Waals surface area contributed by atoms with Gasteiger partial charge in [-0.25, -0.2) is 8.42 Å². The van der Waals surface area contributed by atoms with Gasteiger partial charge in [0.05, 0.1) is 7.11 Å². The van der Waals surface area contributed by atoms with E-state index in [4.69, 9.17) is 4.74 Å². The molecule has 0 N–H and O–H groups in total. The first-order chi connectivity index (χ1) is 13.5. The number of methoxy groups -OCH3 is 1. The number of rotatable bonds is 8. The van der Waals surface area contributed by atoms with Gasteiger partial charge in [-0.1, -0.05) is 12.5 Å². The highest BCUT2D eigenvalue weighted by Crippen LogP contribution is 2.31. The monoisotopic (exact) mass is 406 g/mol. The third-order valence-corrected chi connectivity index (χ3v) is 7.33. The van der Waals surface area contributed by atoms with Gasteiger partial charge in [0.2, 0.25) is 15.9 Å². The van der Waals surface area contributed by atoms with Crippen LogP contribution in [0.25, 0.3) is 6.08 Å². The van der Waals surface area contributed by atoms with Crippen LogP contribution >= 0.6 is 0 Å². The number of piperidine rings is 1. The molecule has 2 fully saturated rings. The zero-order valence-corrected chi connectivity index (χ0v) is 17.6. The number of sulfonamides is 1. The number of carbonyl (C=O) groups excluding carboxylic acids is 1. The van der Waals surface area contributed by atoms with Gasteiger partial charge in [-0.05, 0) is 62.3 Å². The molecule has 1 aliphatic heterocycles. The quantitative estimate of drug-likeness (QED) is 0.622. The van der Waals surface area contributed by atoms with Crippen molar-refractivity contribution in [2.45, 2.75) is 43.9 Å². The summed E-state index contributed by atoms with van der Waals surface area (Å²) in [6, 6.07) is 5.03. The van der Waals surface area contributed by atoms with E-state index < -0.39 is 10.0 Å². The molecule has 0 unspecified atom stereocenters. The van der Waals surface area contributed by atoms with Gasteiger partial charge in [0.15, 0.2) is 0 Å². The van der Waals surface area contributed by atoms with Gasteiger partial charge in [-0.2, -0.15) is 4.31 Å². The van der Waals surface area contributed by atoms with Crippen molar-refractivity contribution in [3.63, 3.8) is 0 Å². The van der Waals surface area contributed by atoms with Gasteiger partial charge in [-0.15, -0.1) is 0 Å². The first-order valence-corrected chi connectivity index (χ1v) is 11.5. The third kappa shape index (κ3) is 4.94. The molecule has 28 heavy (non-hydrogen) atoms. The number of likely N-dealkylation sites (N-methyl/N-ethyl adjacent to an activating group) is 1. The molecule has 1 heterocycles. The fourth-order valence-electron chi connectivity index (χ4n) is 3.50. The standard InChI is InChI=1S/C21H30N2O4S/c1-3-22(16-18-7-8-18)21(24)12-10-17-9-11-19(27-2)20(15-17)28(25,26)23-13-5-4-6-14-23/h9-12,15,18H,3-8,13-14,16H2,1-2H3/b12-10+. The Balaban J connectivity index is 1.80. The highest BCUT2D eigenvalue weighted by molar-refractivity contribution is 7.89. The van der Waals surface area contributed by atoms with Crippen LogP contribution in [0, 0.1) is 5.92 Å². The summed E-state index contributed by atoms with van der Waals surface area (Å²) in [5.41, 5.74) is 0.673. The summed E-state index contributed by atoms with van der Waals surface area (Å²) in [6.07, 6.45) is 8.43. The smallest absolute Gasteiger partial charge is 0.246 e. The summed E-state index contributed by atoms with van der Waals surface area (Å²) in [4.78, 5) is 14.5. The first-order valence-electron chi connectivity index (χ1n) is 10.1. The number of amides is 1. The maximum Gasteiger partial charge on any atom is 0.246 e. The predicted octanol–water partition coefficient (Wildman–Crippen LogP) is 3.14. The molecular formula is C21H30N2O4S. The van der Waals surface area contributed by atoms with Gasteiger partial charge < -0.3 is 9.64 Å². The second-order valence-corrected chi connectivity index (χ2v) is 9.43. The van der Waals surface area contributed by atoms with E-state index in [-0.39, 0.29) is 10.8 Å². The van der Waals surface area contributed by atoms with E-state index in [9.17, 15) is 13.2 Å². The molecule has 1 saturated carbocycles. The molecule has 2 aliphatic rings. The molecule has 1 amide bonds. The zero-order valence-electron chi connectivity index (χ0n) is 16.8. The Labute approximate surface area is 168 Å². The van der Waals surface area contributed by atoms with E-state index in [0.717, 1.165) is 25.8 Å². The van der Waals surface area contributed by atoms with Crippen LogP contribution in [0.15, 0.2) is 29.2 Å². The van der Waals surface area contributed by atoms with Crippen LogP contribution in [-0.2, 0) is 14.8 Å². The van der Waals surface area contributed by atoms with E-state index in [2.05, 4.69) is 0 Å². The summed E-state index contributed by atoms with van der Waals surface area (Å²) >= 11 is 0. The number of nitrogens with zero attached hydrogens (tertiary/aromatic N) is 2. The SMILES string of the molecule is CCN(CC1CC1)C(=O)/C=C/c1ccc(OC)c(S(=O)(=O)N2CCCCC2)c1. The molecule has 1 aliphatic carbocycles. The molecule has 1 aromatic carbocycles. The van der Waals surface area contributed by atoms with Gasteiger partial charge >= 0.3 is 0 Å². The van der Waals surface area contributed by atoms with E-state index in [1.807, 2.05) is 11.8 Å². The lowest BCUT2D eigenvalue weighted by Crippen LogP contribution is -2.35. The van der Waals surface area contributed by atoms with Gasteiger partial charge in [0, 0.05) is 32.3 Å². The minimum Gasteiger partial charge on any atom is -0.495 e. The minimum atomic E-state index is -3.62. The van der Waals surface area contributed by atoms with Crippen molar-refractivity contribution in [2.24, 2.45) is 5.92 Å². The maximum atomic E-state index is 13.1. The van der Waals surface area contributed by atoms with Crippen molar-refractivity contribution in [3.8, 4) is 5.75 Å². The lowest BCUT2D eigenvalue weighted by Gasteiger charge is -2.26. The fourth-order valence-corrected chi connectivity index (χ4v) is 5.21. The van der Waals surface area contributed by atoms with E-state index in [1.165, 1.54) is 30.3 Å². The van der Waals surface area contributed by atoms with E-state index >= 15 is 0 Å². The van der Waals surface area contributed by atoms with Crippen molar-refractivity contribution in [1.82, 2.24) is 9.21 Å². The molecule has 7 heteroatoms. The molecule has 154 valence electrons. The number of benzene rings is 1. The summed E-state index contributed by atoms with van der Waals surface area (Å²) in [5, 5.41) is 0. The van der Waals surface area contributed by atoms with Gasteiger partial charge in [0.25, 0.3) is 0 Å². The van der Waals surface area contributed by atoms with Crippen molar-refractivity contribution < 1.29 is 17.9 Å². The Bertz CT molecular complexity index is 825. The molecule has 1 saturated heterocycles. The molecule has 6 nitrogen and oxygen atoms in total. The van der Waals surface area contributed by atoms with Crippen molar-refractivity contribution >= 4 is 22.0 Å². The third-order valence-electron chi connectivity index (χ3n) is 5.41. The first kappa shape index (κ1) is 20.9. The van der Waals surface area contributed by atoms with Crippen LogP contribution in [0.5, 0.6) is 5.75 Å². The highest BCUT2D eigenvalue weighted by Gasteiger charge is 2.29. The summed E-state index contributed by atoms with van der Waals surface area (Å²) < 4.78 is 33.0. The molecule has 0 spiro atoms. The predicted molar refractivity (Wildman–Crippen MR) is 110 cm³/mol. The average Bonchev–Trinajstić information content (AvgIpc) is 3.54. The largest absolute Gasteiger partial charge is 0.495 e. The zero-order chi connectivity index (χ0) is 20.1. The number of hydrogen-bond acceptors (Lipinski definition) is 4. The molecule has 0 radical (unpaired) electrons. The second-order valence-electron chi connectivity index (χ2n) is 7.53. The van der Waals surface area contributed by atoms with Crippen molar-refractivity contribution in [1.29, 1.82) is 0 Å². The van der Waals surface area contributed by atoms with Crippen LogP contribution in [-0.4, -0.2) is 56.8 Å². The number of ether oxygens (including phenoxy) is 1. The topological polar surface area (TPSA) is 66.9 Å². The Morgan fingerprint density at radius 2 is 1.96 bits per heavy atom. The normalized spacial score (nSPS) is 18.4. The molecule has 3 rings (SSSR count). The van der Waals surface area contributed by atoms with Crippen molar-refractivity contribution in [3.05, 3.63) is 29.8 Å². The van der Waals surface area contributed by atoms with Gasteiger partial charge in [0.1, 0.15) is 10.6 Å². The van der Waals surface area contributed by atoms with Crippen LogP contribution in [0.1, 0.15) is 44.6 Å².